The first kappa shape index (κ1) is 19.2. The molecule has 0 saturated carbocycles. The van der Waals surface area contributed by atoms with Gasteiger partial charge in [0.1, 0.15) is 0 Å². The lowest BCUT2D eigenvalue weighted by Gasteiger charge is -2.34. The molecule has 0 radical (unpaired) electrons. The molecule has 0 fully saturated rings. The van der Waals surface area contributed by atoms with Gasteiger partial charge in [-0.05, 0) is 74.0 Å². The molecule has 1 aliphatic rings. The van der Waals surface area contributed by atoms with Gasteiger partial charge in [-0.3, -0.25) is 4.57 Å². The average molecular weight is 434 g/mol. The van der Waals surface area contributed by atoms with Gasteiger partial charge in [0.25, 0.3) is 0 Å². The van der Waals surface area contributed by atoms with Gasteiger partial charge in [0.2, 0.25) is 0 Å². The molecule has 5 aromatic rings. The minimum Gasteiger partial charge on any atom is -0.310 e. The van der Waals surface area contributed by atoms with Crippen LogP contribution >= 0.6 is 11.8 Å². The molecule has 1 aliphatic heterocycles. The molecule has 0 atom stereocenters. The summed E-state index contributed by atoms with van der Waals surface area (Å²) < 4.78 is 2.21. The Morgan fingerprint density at radius 3 is 2.03 bits per heavy atom. The summed E-state index contributed by atoms with van der Waals surface area (Å²) in [5.41, 5.74) is 8.17. The van der Waals surface area contributed by atoms with E-state index in [0.29, 0.717) is 0 Å². The predicted octanol–water partition coefficient (Wildman–Crippen LogP) is 7.84. The Kier molecular flexibility index (Phi) is 4.37. The maximum atomic E-state index is 4.92. The first-order valence-corrected chi connectivity index (χ1v) is 11.7. The molecule has 0 spiro atoms. The van der Waals surface area contributed by atoms with Crippen molar-refractivity contribution >= 4 is 39.9 Å². The summed E-state index contributed by atoms with van der Waals surface area (Å²) in [6, 6.07) is 36.3. The second kappa shape index (κ2) is 7.28. The second-order valence-electron chi connectivity index (χ2n) is 8.54. The summed E-state index contributed by atoms with van der Waals surface area (Å²) in [6.45, 7) is 4.58. The number of benzene rings is 4. The van der Waals surface area contributed by atoms with Crippen molar-refractivity contribution in [2.75, 3.05) is 4.90 Å². The maximum absolute atomic E-state index is 4.92. The van der Waals surface area contributed by atoms with E-state index >= 15 is 0 Å². The molecule has 0 aliphatic carbocycles. The number of fused-ring (bicyclic) bond motifs is 5. The highest BCUT2D eigenvalue weighted by Gasteiger charge is 2.34. The van der Waals surface area contributed by atoms with Crippen LogP contribution in [0, 0.1) is 0 Å². The van der Waals surface area contributed by atoms with Gasteiger partial charge < -0.3 is 4.90 Å². The molecule has 0 N–H and O–H groups in total. The van der Waals surface area contributed by atoms with Crippen LogP contribution in [0.3, 0.4) is 0 Å². The largest absolute Gasteiger partial charge is 0.310 e. The zero-order valence-electron chi connectivity index (χ0n) is 18.1. The highest BCUT2D eigenvalue weighted by molar-refractivity contribution is 8.00. The van der Waals surface area contributed by atoms with Crippen molar-refractivity contribution in [3.63, 3.8) is 0 Å². The highest BCUT2D eigenvalue weighted by Crippen LogP contribution is 2.50. The monoisotopic (exact) mass is 433 g/mol. The maximum Gasteiger partial charge on any atom is 0.174 e. The molecular weight excluding hydrogens is 410 g/mol. The van der Waals surface area contributed by atoms with Crippen molar-refractivity contribution < 1.29 is 0 Å². The Balaban J connectivity index is 1.57. The van der Waals surface area contributed by atoms with Crippen molar-refractivity contribution in [2.24, 2.45) is 0 Å². The molecule has 4 aromatic carbocycles. The zero-order valence-corrected chi connectivity index (χ0v) is 18.9. The fourth-order valence-electron chi connectivity index (χ4n) is 4.53. The van der Waals surface area contributed by atoms with E-state index < -0.39 is 0 Å². The first-order chi connectivity index (χ1) is 15.6. The lowest BCUT2D eigenvalue weighted by molar-refractivity contribution is 0.728. The van der Waals surface area contributed by atoms with Crippen LogP contribution in [0.1, 0.15) is 19.4 Å². The van der Waals surface area contributed by atoms with E-state index in [0.717, 1.165) is 33.3 Å². The fraction of sp³-hybridized carbons (Fsp3) is 0.107. The Hall–Kier alpha value is -3.50. The standard InChI is InChI=1S/C28H23N3S/c1-28(2)23-19-22(30(20-11-5-3-6-12-20)21-13-7-4-8-14-21)17-18-25(23)31-26-16-10-9-15-24(26)29-27(31)32-28/h3-19H,1-2H3. The number of aromatic nitrogens is 2. The summed E-state index contributed by atoms with van der Waals surface area (Å²) >= 11 is 1.83. The van der Waals surface area contributed by atoms with Crippen LogP contribution in [0.25, 0.3) is 16.7 Å². The van der Waals surface area contributed by atoms with Crippen molar-refractivity contribution in [3.05, 3.63) is 109 Å². The van der Waals surface area contributed by atoms with Gasteiger partial charge in [-0.1, -0.05) is 60.3 Å². The van der Waals surface area contributed by atoms with E-state index in [9.17, 15) is 0 Å². The van der Waals surface area contributed by atoms with Gasteiger partial charge in [-0.25, -0.2) is 4.98 Å². The van der Waals surface area contributed by atoms with E-state index in [2.05, 4.69) is 126 Å². The number of para-hydroxylation sites is 4. The SMILES string of the molecule is CC1(C)Sc2nc3ccccc3n2-c2ccc(N(c3ccccc3)c3ccccc3)cc21. The fourth-order valence-corrected chi connectivity index (χ4v) is 5.69. The Labute approximate surface area is 192 Å². The third kappa shape index (κ3) is 3.02. The molecule has 156 valence electrons. The zero-order chi connectivity index (χ0) is 21.7. The van der Waals surface area contributed by atoms with Gasteiger partial charge in [0.15, 0.2) is 5.16 Å². The molecule has 4 heteroatoms. The normalized spacial score (nSPS) is 14.1. The van der Waals surface area contributed by atoms with Crippen LogP contribution in [0.2, 0.25) is 0 Å². The van der Waals surface area contributed by atoms with Gasteiger partial charge in [-0.15, -0.1) is 0 Å². The minimum atomic E-state index is -0.0955. The van der Waals surface area contributed by atoms with Gasteiger partial charge in [0, 0.05) is 21.8 Å². The predicted molar refractivity (Wildman–Crippen MR) is 135 cm³/mol. The van der Waals surface area contributed by atoms with Crippen LogP contribution in [0.5, 0.6) is 0 Å². The van der Waals surface area contributed by atoms with Crippen molar-refractivity contribution in [2.45, 2.75) is 23.8 Å². The summed E-state index contributed by atoms with van der Waals surface area (Å²) in [6.07, 6.45) is 0. The second-order valence-corrected chi connectivity index (χ2v) is 10.1. The quantitative estimate of drug-likeness (QED) is 0.289. The van der Waals surface area contributed by atoms with E-state index in [-0.39, 0.29) is 4.75 Å². The minimum absolute atomic E-state index is 0.0955. The third-order valence-corrected chi connectivity index (χ3v) is 7.22. The summed E-state index contributed by atoms with van der Waals surface area (Å²) in [5, 5.41) is 1.06. The van der Waals surface area contributed by atoms with Crippen LogP contribution in [-0.2, 0) is 4.75 Å². The van der Waals surface area contributed by atoms with E-state index in [1.54, 1.807) is 0 Å². The third-order valence-electron chi connectivity index (χ3n) is 6.03. The number of hydrogen-bond donors (Lipinski definition) is 0. The lowest BCUT2D eigenvalue weighted by Crippen LogP contribution is -2.22. The topological polar surface area (TPSA) is 21.1 Å². The van der Waals surface area contributed by atoms with Crippen LogP contribution in [-0.4, -0.2) is 9.55 Å². The van der Waals surface area contributed by atoms with E-state index in [1.165, 1.54) is 11.3 Å². The molecule has 3 nitrogen and oxygen atoms in total. The molecular formula is C28H23N3S. The molecule has 0 bridgehead atoms. The van der Waals surface area contributed by atoms with Crippen molar-refractivity contribution in [3.8, 4) is 5.69 Å². The Morgan fingerprint density at radius 2 is 1.34 bits per heavy atom. The van der Waals surface area contributed by atoms with Crippen LogP contribution in [0.15, 0.2) is 108 Å². The van der Waals surface area contributed by atoms with Crippen LogP contribution < -0.4 is 4.90 Å². The van der Waals surface area contributed by atoms with Gasteiger partial charge in [-0.2, -0.15) is 0 Å². The van der Waals surface area contributed by atoms with E-state index in [1.807, 2.05) is 11.8 Å². The van der Waals surface area contributed by atoms with Crippen molar-refractivity contribution in [1.29, 1.82) is 0 Å². The lowest BCUT2D eigenvalue weighted by atomic mass is 9.98. The van der Waals surface area contributed by atoms with Crippen LogP contribution in [0.4, 0.5) is 17.1 Å². The van der Waals surface area contributed by atoms with E-state index in [4.69, 9.17) is 4.98 Å². The average Bonchev–Trinajstić information content (AvgIpc) is 3.18. The number of imidazole rings is 1. The Morgan fingerprint density at radius 1 is 0.719 bits per heavy atom. The van der Waals surface area contributed by atoms with Crippen molar-refractivity contribution in [1.82, 2.24) is 9.55 Å². The molecule has 0 amide bonds. The number of anilines is 3. The number of hydrogen-bond acceptors (Lipinski definition) is 3. The molecule has 1 aromatic heterocycles. The number of nitrogens with zero attached hydrogens (tertiary/aromatic N) is 3. The summed E-state index contributed by atoms with van der Waals surface area (Å²) in [5.74, 6) is 0. The summed E-state index contributed by atoms with van der Waals surface area (Å²) in [4.78, 5) is 7.24. The summed E-state index contributed by atoms with van der Waals surface area (Å²) in [7, 11) is 0. The number of rotatable bonds is 3. The highest BCUT2D eigenvalue weighted by atomic mass is 32.2. The molecule has 2 heterocycles. The molecule has 32 heavy (non-hydrogen) atoms. The smallest absolute Gasteiger partial charge is 0.174 e. The molecule has 0 saturated heterocycles. The molecule has 6 rings (SSSR count). The number of thioether (sulfide) groups is 1. The van der Waals surface area contributed by atoms with Gasteiger partial charge >= 0.3 is 0 Å². The molecule has 0 unspecified atom stereocenters. The first-order valence-electron chi connectivity index (χ1n) is 10.8. The Bertz CT molecular complexity index is 1380. The van der Waals surface area contributed by atoms with Gasteiger partial charge in [0.05, 0.1) is 16.7 Å².